The fourth-order valence-electron chi connectivity index (χ4n) is 1.53. The number of rotatable bonds is 8. The molecule has 0 heterocycles. The molecule has 0 radical (unpaired) electrons. The van der Waals surface area contributed by atoms with E-state index in [4.69, 9.17) is 0 Å². The first-order valence-electron chi connectivity index (χ1n) is 6.04. The standard InChI is InChI=1S/C12H28N2/c1-6-8-14(9-7-2)11-10-13(5)12(3)4/h12H,6-11H2,1-5H3. The van der Waals surface area contributed by atoms with E-state index in [2.05, 4.69) is 44.5 Å². The second-order valence-corrected chi connectivity index (χ2v) is 4.42. The lowest BCUT2D eigenvalue weighted by Gasteiger charge is -2.26. The van der Waals surface area contributed by atoms with Crippen LogP contribution in [0.3, 0.4) is 0 Å². The number of nitrogens with zero attached hydrogens (tertiary/aromatic N) is 2. The minimum Gasteiger partial charge on any atom is -0.303 e. The Bertz CT molecular complexity index is 117. The maximum Gasteiger partial charge on any atom is 0.0109 e. The summed E-state index contributed by atoms with van der Waals surface area (Å²) in [5.41, 5.74) is 0. The molecule has 0 N–H and O–H groups in total. The van der Waals surface area contributed by atoms with Crippen LogP contribution >= 0.6 is 0 Å². The fourth-order valence-corrected chi connectivity index (χ4v) is 1.53. The zero-order valence-electron chi connectivity index (χ0n) is 10.7. The third-order valence-electron chi connectivity index (χ3n) is 2.73. The number of likely N-dealkylation sites (N-methyl/N-ethyl adjacent to an activating group) is 1. The van der Waals surface area contributed by atoms with E-state index in [0.29, 0.717) is 6.04 Å². The van der Waals surface area contributed by atoms with Crippen molar-refractivity contribution in [2.75, 3.05) is 33.2 Å². The quantitative estimate of drug-likeness (QED) is 0.594. The predicted molar refractivity (Wildman–Crippen MR) is 64.8 cm³/mol. The molecule has 0 spiro atoms. The van der Waals surface area contributed by atoms with Gasteiger partial charge in [0.2, 0.25) is 0 Å². The zero-order valence-corrected chi connectivity index (χ0v) is 10.7. The molecule has 0 aromatic rings. The van der Waals surface area contributed by atoms with Gasteiger partial charge >= 0.3 is 0 Å². The highest BCUT2D eigenvalue weighted by atomic mass is 15.2. The van der Waals surface area contributed by atoms with E-state index in [1.807, 2.05) is 0 Å². The molecule has 0 atom stereocenters. The van der Waals surface area contributed by atoms with Crippen LogP contribution in [0, 0.1) is 0 Å². The smallest absolute Gasteiger partial charge is 0.0109 e. The predicted octanol–water partition coefficient (Wildman–Crippen LogP) is 2.45. The Hall–Kier alpha value is -0.0800. The third-order valence-corrected chi connectivity index (χ3v) is 2.73. The second-order valence-electron chi connectivity index (χ2n) is 4.42. The van der Waals surface area contributed by atoms with Gasteiger partial charge in [0.1, 0.15) is 0 Å². The van der Waals surface area contributed by atoms with Crippen LogP contribution < -0.4 is 0 Å². The van der Waals surface area contributed by atoms with Crippen molar-refractivity contribution < 1.29 is 0 Å². The molecule has 0 amide bonds. The van der Waals surface area contributed by atoms with Gasteiger partial charge in [-0.2, -0.15) is 0 Å². The minimum absolute atomic E-state index is 0.667. The van der Waals surface area contributed by atoms with E-state index < -0.39 is 0 Å². The summed E-state index contributed by atoms with van der Waals surface area (Å²) < 4.78 is 0. The van der Waals surface area contributed by atoms with Gasteiger partial charge in [0.25, 0.3) is 0 Å². The van der Waals surface area contributed by atoms with Crippen molar-refractivity contribution in [3.8, 4) is 0 Å². The molecule has 86 valence electrons. The molecule has 0 fully saturated rings. The van der Waals surface area contributed by atoms with E-state index in [9.17, 15) is 0 Å². The summed E-state index contributed by atoms with van der Waals surface area (Å²) in [6, 6.07) is 0.667. The molecule has 0 aliphatic carbocycles. The molecule has 0 aliphatic rings. The highest BCUT2D eigenvalue weighted by molar-refractivity contribution is 4.62. The first kappa shape index (κ1) is 13.9. The van der Waals surface area contributed by atoms with Crippen molar-refractivity contribution in [1.29, 1.82) is 0 Å². The normalized spacial score (nSPS) is 12.0. The van der Waals surface area contributed by atoms with Gasteiger partial charge in [-0.05, 0) is 46.8 Å². The molecule has 0 aromatic carbocycles. The molecule has 0 saturated carbocycles. The van der Waals surface area contributed by atoms with Gasteiger partial charge < -0.3 is 9.80 Å². The van der Waals surface area contributed by atoms with Crippen LogP contribution in [-0.4, -0.2) is 49.1 Å². The lowest BCUT2D eigenvalue weighted by Crippen LogP contribution is -2.37. The van der Waals surface area contributed by atoms with Gasteiger partial charge in [-0.1, -0.05) is 13.8 Å². The van der Waals surface area contributed by atoms with Crippen LogP contribution in [0.4, 0.5) is 0 Å². The van der Waals surface area contributed by atoms with Crippen molar-refractivity contribution in [3.63, 3.8) is 0 Å². The van der Waals surface area contributed by atoms with Crippen LogP contribution in [0.2, 0.25) is 0 Å². The average Bonchev–Trinajstić information content (AvgIpc) is 2.14. The van der Waals surface area contributed by atoms with E-state index in [1.165, 1.54) is 39.0 Å². The summed E-state index contributed by atoms with van der Waals surface area (Å²) in [7, 11) is 2.21. The largest absolute Gasteiger partial charge is 0.303 e. The monoisotopic (exact) mass is 200 g/mol. The average molecular weight is 200 g/mol. The number of hydrogen-bond donors (Lipinski definition) is 0. The van der Waals surface area contributed by atoms with Gasteiger partial charge in [0, 0.05) is 19.1 Å². The highest BCUT2D eigenvalue weighted by Gasteiger charge is 2.06. The first-order valence-corrected chi connectivity index (χ1v) is 6.04. The first-order chi connectivity index (χ1) is 6.61. The van der Waals surface area contributed by atoms with Crippen molar-refractivity contribution in [2.24, 2.45) is 0 Å². The van der Waals surface area contributed by atoms with Gasteiger partial charge in [-0.25, -0.2) is 0 Å². The SMILES string of the molecule is CCCN(CCC)CCN(C)C(C)C. The Morgan fingerprint density at radius 3 is 1.71 bits per heavy atom. The summed E-state index contributed by atoms with van der Waals surface area (Å²) in [5.74, 6) is 0. The fraction of sp³-hybridized carbons (Fsp3) is 1.00. The van der Waals surface area contributed by atoms with Crippen molar-refractivity contribution in [2.45, 2.75) is 46.6 Å². The zero-order chi connectivity index (χ0) is 11.0. The molecule has 0 bridgehead atoms. The molecule has 2 nitrogen and oxygen atoms in total. The summed E-state index contributed by atoms with van der Waals surface area (Å²) >= 11 is 0. The molecule has 0 saturated heterocycles. The topological polar surface area (TPSA) is 6.48 Å². The summed E-state index contributed by atoms with van der Waals surface area (Å²) in [6.07, 6.45) is 2.54. The van der Waals surface area contributed by atoms with E-state index in [0.717, 1.165) is 0 Å². The van der Waals surface area contributed by atoms with E-state index in [1.54, 1.807) is 0 Å². The molecule has 14 heavy (non-hydrogen) atoms. The maximum atomic E-state index is 2.57. The molecular formula is C12H28N2. The van der Waals surface area contributed by atoms with Gasteiger partial charge in [0.15, 0.2) is 0 Å². The molecule has 0 aromatic heterocycles. The van der Waals surface area contributed by atoms with Gasteiger partial charge in [-0.15, -0.1) is 0 Å². The Kier molecular flexibility index (Phi) is 8.20. The highest BCUT2D eigenvalue weighted by Crippen LogP contribution is 1.97. The van der Waals surface area contributed by atoms with Crippen LogP contribution in [0.25, 0.3) is 0 Å². The Balaban J connectivity index is 3.68. The summed E-state index contributed by atoms with van der Waals surface area (Å²) in [4.78, 5) is 4.98. The van der Waals surface area contributed by atoms with Crippen LogP contribution in [0.1, 0.15) is 40.5 Å². The van der Waals surface area contributed by atoms with Gasteiger partial charge in [0.05, 0.1) is 0 Å². The molecule has 0 aliphatic heterocycles. The lowest BCUT2D eigenvalue weighted by atomic mass is 10.3. The summed E-state index contributed by atoms with van der Waals surface area (Å²) in [5, 5.41) is 0. The van der Waals surface area contributed by atoms with E-state index in [-0.39, 0.29) is 0 Å². The summed E-state index contributed by atoms with van der Waals surface area (Å²) in [6.45, 7) is 13.9. The Labute approximate surface area is 90.3 Å². The Morgan fingerprint density at radius 1 is 0.857 bits per heavy atom. The van der Waals surface area contributed by atoms with Crippen LogP contribution in [-0.2, 0) is 0 Å². The van der Waals surface area contributed by atoms with Crippen molar-refractivity contribution in [1.82, 2.24) is 9.80 Å². The minimum atomic E-state index is 0.667. The molecule has 2 heteroatoms. The second kappa shape index (κ2) is 8.25. The lowest BCUT2D eigenvalue weighted by molar-refractivity contribution is 0.203. The molecule has 0 unspecified atom stereocenters. The number of hydrogen-bond acceptors (Lipinski definition) is 2. The third kappa shape index (κ3) is 6.39. The van der Waals surface area contributed by atoms with Gasteiger partial charge in [-0.3, -0.25) is 0 Å². The van der Waals surface area contributed by atoms with Crippen molar-refractivity contribution in [3.05, 3.63) is 0 Å². The Morgan fingerprint density at radius 2 is 1.36 bits per heavy atom. The van der Waals surface area contributed by atoms with Crippen LogP contribution in [0.5, 0.6) is 0 Å². The maximum absolute atomic E-state index is 2.57. The van der Waals surface area contributed by atoms with Crippen molar-refractivity contribution >= 4 is 0 Å². The molecular weight excluding hydrogens is 172 g/mol. The van der Waals surface area contributed by atoms with Crippen LogP contribution in [0.15, 0.2) is 0 Å². The molecule has 0 rings (SSSR count). The van der Waals surface area contributed by atoms with E-state index >= 15 is 0 Å².